The van der Waals surface area contributed by atoms with Crippen molar-refractivity contribution in [1.29, 1.82) is 0 Å². The molecule has 1 atom stereocenters. The van der Waals surface area contributed by atoms with Gasteiger partial charge in [0, 0.05) is 11.6 Å². The number of hydrogen-bond acceptors (Lipinski definition) is 2. The predicted molar refractivity (Wildman–Crippen MR) is 78.4 cm³/mol. The zero-order valence-corrected chi connectivity index (χ0v) is 11.2. The molecule has 4 N–H and O–H groups in total. The van der Waals surface area contributed by atoms with Crippen LogP contribution < -0.4 is 11.5 Å². The van der Waals surface area contributed by atoms with Crippen molar-refractivity contribution in [3.63, 3.8) is 0 Å². The Morgan fingerprint density at radius 3 is 2.39 bits per heavy atom. The number of nitrogens with two attached hydrogens (primary N) is 2. The molecule has 0 aliphatic carbocycles. The average molecular weight is 242 g/mol. The van der Waals surface area contributed by atoms with E-state index in [0.717, 1.165) is 12.8 Å². The minimum Gasteiger partial charge on any atom is -0.326 e. The highest BCUT2D eigenvalue weighted by Crippen LogP contribution is 2.23. The molecule has 2 heteroatoms. The lowest BCUT2D eigenvalue weighted by Crippen LogP contribution is -2.32. The molecular weight excluding hydrogens is 220 g/mol. The number of rotatable bonds is 4. The van der Waals surface area contributed by atoms with Gasteiger partial charge in [-0.15, -0.1) is 0 Å². The molecule has 2 nitrogen and oxygen atoms in total. The molecule has 0 spiro atoms. The quantitative estimate of drug-likeness (QED) is 0.863. The highest BCUT2D eigenvalue weighted by molar-refractivity contribution is 5.83. The van der Waals surface area contributed by atoms with Gasteiger partial charge in [-0.05, 0) is 49.1 Å². The Kier molecular flexibility index (Phi) is 3.69. The van der Waals surface area contributed by atoms with Crippen LogP contribution in [-0.4, -0.2) is 5.54 Å². The van der Waals surface area contributed by atoms with Crippen molar-refractivity contribution >= 4 is 10.8 Å². The van der Waals surface area contributed by atoms with Crippen LogP contribution in [0.3, 0.4) is 0 Å². The average Bonchev–Trinajstić information content (AvgIpc) is 2.34. The molecule has 0 saturated carbocycles. The first-order valence-electron chi connectivity index (χ1n) is 6.49. The highest BCUT2D eigenvalue weighted by Gasteiger charge is 2.14. The maximum atomic E-state index is 6.24. The molecule has 0 aromatic heterocycles. The zero-order valence-electron chi connectivity index (χ0n) is 11.2. The SMILES string of the molecule is CC(C)(N)CCC(N)c1ccc2ccccc2c1. The van der Waals surface area contributed by atoms with E-state index in [1.54, 1.807) is 0 Å². The minimum absolute atomic E-state index is 0.0671. The Bertz CT molecular complexity index is 526. The Hall–Kier alpha value is -1.38. The summed E-state index contributed by atoms with van der Waals surface area (Å²) in [4.78, 5) is 0. The summed E-state index contributed by atoms with van der Waals surface area (Å²) in [6.07, 6.45) is 1.85. The van der Waals surface area contributed by atoms with Crippen LogP contribution in [0.1, 0.15) is 38.3 Å². The maximum Gasteiger partial charge on any atom is 0.0295 e. The number of hydrogen-bond donors (Lipinski definition) is 2. The van der Waals surface area contributed by atoms with E-state index < -0.39 is 0 Å². The van der Waals surface area contributed by atoms with Gasteiger partial charge in [0.2, 0.25) is 0 Å². The van der Waals surface area contributed by atoms with E-state index in [2.05, 4.69) is 42.5 Å². The summed E-state index contributed by atoms with van der Waals surface area (Å²) >= 11 is 0. The van der Waals surface area contributed by atoms with Gasteiger partial charge in [0.15, 0.2) is 0 Å². The standard InChI is InChI=1S/C16H22N2/c1-16(2,18)10-9-15(17)14-8-7-12-5-3-4-6-13(12)11-14/h3-8,11,15H,9-10,17-18H2,1-2H3. The monoisotopic (exact) mass is 242 g/mol. The van der Waals surface area contributed by atoms with Gasteiger partial charge in [-0.3, -0.25) is 0 Å². The van der Waals surface area contributed by atoms with Gasteiger partial charge in [0.25, 0.3) is 0 Å². The van der Waals surface area contributed by atoms with Crippen LogP contribution in [0.25, 0.3) is 10.8 Å². The molecule has 0 aliphatic heterocycles. The van der Waals surface area contributed by atoms with Crippen LogP contribution >= 0.6 is 0 Å². The fourth-order valence-corrected chi connectivity index (χ4v) is 2.13. The van der Waals surface area contributed by atoms with E-state index in [-0.39, 0.29) is 11.6 Å². The van der Waals surface area contributed by atoms with Gasteiger partial charge in [-0.1, -0.05) is 36.4 Å². The molecule has 0 heterocycles. The summed E-state index contributed by atoms with van der Waals surface area (Å²) in [5.41, 5.74) is 13.3. The summed E-state index contributed by atoms with van der Waals surface area (Å²) in [6.45, 7) is 4.08. The Morgan fingerprint density at radius 2 is 1.72 bits per heavy atom. The van der Waals surface area contributed by atoms with Gasteiger partial charge in [0.1, 0.15) is 0 Å². The van der Waals surface area contributed by atoms with Gasteiger partial charge >= 0.3 is 0 Å². The first kappa shape index (κ1) is 13.1. The molecule has 0 radical (unpaired) electrons. The first-order valence-corrected chi connectivity index (χ1v) is 6.49. The van der Waals surface area contributed by atoms with Crippen molar-refractivity contribution in [1.82, 2.24) is 0 Å². The van der Waals surface area contributed by atoms with E-state index in [9.17, 15) is 0 Å². The fourth-order valence-electron chi connectivity index (χ4n) is 2.13. The maximum absolute atomic E-state index is 6.24. The van der Waals surface area contributed by atoms with Gasteiger partial charge < -0.3 is 11.5 Å². The van der Waals surface area contributed by atoms with Crippen LogP contribution in [0, 0.1) is 0 Å². The molecular formula is C16H22N2. The third-order valence-electron chi connectivity index (χ3n) is 3.30. The van der Waals surface area contributed by atoms with Crippen LogP contribution in [0.2, 0.25) is 0 Å². The lowest BCUT2D eigenvalue weighted by atomic mass is 9.93. The lowest BCUT2D eigenvalue weighted by molar-refractivity contribution is 0.433. The molecule has 96 valence electrons. The molecule has 2 rings (SSSR count). The van der Waals surface area contributed by atoms with E-state index in [1.165, 1.54) is 16.3 Å². The molecule has 0 saturated heterocycles. The highest BCUT2D eigenvalue weighted by atomic mass is 14.7. The van der Waals surface area contributed by atoms with Crippen LogP contribution in [0.15, 0.2) is 42.5 Å². The normalized spacial score (nSPS) is 13.8. The Balaban J connectivity index is 2.15. The molecule has 0 bridgehead atoms. The summed E-state index contributed by atoms with van der Waals surface area (Å²) < 4.78 is 0. The zero-order chi connectivity index (χ0) is 13.2. The van der Waals surface area contributed by atoms with Crippen molar-refractivity contribution < 1.29 is 0 Å². The summed E-state index contributed by atoms with van der Waals surface area (Å²) in [6, 6.07) is 14.9. The van der Waals surface area contributed by atoms with Gasteiger partial charge in [-0.2, -0.15) is 0 Å². The van der Waals surface area contributed by atoms with Crippen molar-refractivity contribution in [2.45, 2.75) is 38.3 Å². The molecule has 0 amide bonds. The van der Waals surface area contributed by atoms with E-state index in [1.807, 2.05) is 13.8 Å². The van der Waals surface area contributed by atoms with E-state index in [4.69, 9.17) is 11.5 Å². The van der Waals surface area contributed by atoms with Crippen molar-refractivity contribution in [2.24, 2.45) is 11.5 Å². The lowest BCUT2D eigenvalue weighted by Gasteiger charge is -2.21. The second kappa shape index (κ2) is 5.09. The Morgan fingerprint density at radius 1 is 1.06 bits per heavy atom. The molecule has 2 aromatic carbocycles. The molecule has 0 fully saturated rings. The fraction of sp³-hybridized carbons (Fsp3) is 0.375. The van der Waals surface area contributed by atoms with Crippen LogP contribution in [0.5, 0.6) is 0 Å². The molecule has 18 heavy (non-hydrogen) atoms. The first-order chi connectivity index (χ1) is 8.46. The topological polar surface area (TPSA) is 52.0 Å². The Labute approximate surface area is 109 Å². The molecule has 2 aromatic rings. The van der Waals surface area contributed by atoms with E-state index >= 15 is 0 Å². The van der Waals surface area contributed by atoms with Crippen LogP contribution in [0.4, 0.5) is 0 Å². The largest absolute Gasteiger partial charge is 0.326 e. The van der Waals surface area contributed by atoms with Crippen LogP contribution in [-0.2, 0) is 0 Å². The van der Waals surface area contributed by atoms with Crippen molar-refractivity contribution in [3.8, 4) is 0 Å². The summed E-state index contributed by atoms with van der Waals surface area (Å²) in [7, 11) is 0. The molecule has 1 unspecified atom stereocenters. The van der Waals surface area contributed by atoms with Gasteiger partial charge in [0.05, 0.1) is 0 Å². The molecule has 0 aliphatic rings. The van der Waals surface area contributed by atoms with Crippen molar-refractivity contribution in [2.75, 3.05) is 0 Å². The van der Waals surface area contributed by atoms with Crippen molar-refractivity contribution in [3.05, 3.63) is 48.0 Å². The second-order valence-corrected chi connectivity index (χ2v) is 5.74. The number of benzene rings is 2. The smallest absolute Gasteiger partial charge is 0.0295 e. The van der Waals surface area contributed by atoms with Gasteiger partial charge in [-0.25, -0.2) is 0 Å². The summed E-state index contributed by atoms with van der Waals surface area (Å²) in [5, 5.41) is 2.50. The third-order valence-corrected chi connectivity index (χ3v) is 3.30. The third kappa shape index (κ3) is 3.31. The van der Waals surface area contributed by atoms with E-state index in [0.29, 0.717) is 0 Å². The predicted octanol–water partition coefficient (Wildman–Crippen LogP) is 3.36. The second-order valence-electron chi connectivity index (χ2n) is 5.74. The minimum atomic E-state index is -0.144. The summed E-state index contributed by atoms with van der Waals surface area (Å²) in [5.74, 6) is 0. The number of fused-ring (bicyclic) bond motifs is 1.